The highest BCUT2D eigenvalue weighted by atomic mass is 16.5. The highest BCUT2D eigenvalue weighted by molar-refractivity contribution is 5.88. The first-order valence-electron chi connectivity index (χ1n) is 9.55. The molecule has 7 heteroatoms. The lowest BCUT2D eigenvalue weighted by Crippen LogP contribution is -1.96. The van der Waals surface area contributed by atoms with E-state index in [1.54, 1.807) is 21.7 Å². The molecule has 0 unspecified atom stereocenters. The van der Waals surface area contributed by atoms with Crippen molar-refractivity contribution in [1.82, 2.24) is 29.4 Å². The molecule has 0 aliphatic rings. The minimum atomic E-state index is 0.518. The van der Waals surface area contributed by atoms with Crippen molar-refractivity contribution in [3.63, 3.8) is 0 Å². The zero-order chi connectivity index (χ0) is 19.8. The van der Waals surface area contributed by atoms with E-state index >= 15 is 0 Å². The van der Waals surface area contributed by atoms with Gasteiger partial charge in [0.25, 0.3) is 0 Å². The molecule has 0 spiro atoms. The third-order valence-electron chi connectivity index (χ3n) is 5.02. The van der Waals surface area contributed by atoms with Gasteiger partial charge in [0.15, 0.2) is 17.1 Å². The van der Waals surface area contributed by atoms with Gasteiger partial charge in [0.05, 0.1) is 11.6 Å². The summed E-state index contributed by atoms with van der Waals surface area (Å²) in [5, 5.41) is 9.69. The van der Waals surface area contributed by atoms with Gasteiger partial charge in [-0.2, -0.15) is 5.10 Å². The van der Waals surface area contributed by atoms with Gasteiger partial charge >= 0.3 is 0 Å². The Balaban J connectivity index is 1.36. The largest absolute Gasteiger partial charge is 0.489 e. The van der Waals surface area contributed by atoms with Crippen LogP contribution in [0, 0.1) is 0 Å². The minimum absolute atomic E-state index is 0.518. The fourth-order valence-electron chi connectivity index (χ4n) is 3.30. The monoisotopic (exact) mass is 384 g/mol. The number of rotatable bonds is 5. The second kappa shape index (κ2) is 7.01. The Kier molecular flexibility index (Phi) is 4.20. The normalized spacial score (nSPS) is 11.4. The fourth-order valence-corrected chi connectivity index (χ4v) is 3.30. The van der Waals surface area contributed by atoms with Crippen LogP contribution in [0.4, 0.5) is 0 Å². The molecule has 144 valence electrons. The number of fused-ring (bicyclic) bond motifs is 3. The summed E-state index contributed by atoms with van der Waals surface area (Å²) in [6.07, 6.45) is 4.46. The molecule has 3 aromatic heterocycles. The van der Waals surface area contributed by atoms with Crippen LogP contribution in [0.2, 0.25) is 0 Å². The lowest BCUT2D eigenvalue weighted by Gasteiger charge is -2.07. The van der Waals surface area contributed by atoms with Crippen molar-refractivity contribution in [2.45, 2.75) is 20.0 Å². The van der Waals surface area contributed by atoms with Crippen LogP contribution in [0.3, 0.4) is 0 Å². The topological polar surface area (TPSA) is 70.1 Å². The summed E-state index contributed by atoms with van der Waals surface area (Å²) in [5.41, 5.74) is 4.88. The Hall–Kier alpha value is -3.74. The van der Waals surface area contributed by atoms with Crippen LogP contribution < -0.4 is 4.74 Å². The molecule has 0 amide bonds. The zero-order valence-corrected chi connectivity index (χ0v) is 16.3. The Labute approximate surface area is 167 Å². The fraction of sp³-hybridized carbons (Fsp3) is 0.182. The predicted molar refractivity (Wildman–Crippen MR) is 111 cm³/mol. The highest BCUT2D eigenvalue weighted by Crippen LogP contribution is 2.21. The van der Waals surface area contributed by atoms with E-state index in [0.717, 1.165) is 40.0 Å². The number of hydrogen-bond acceptors (Lipinski definition) is 5. The summed E-state index contributed by atoms with van der Waals surface area (Å²) in [6, 6.07) is 16.3. The van der Waals surface area contributed by atoms with Crippen LogP contribution in [0.25, 0.3) is 28.1 Å². The van der Waals surface area contributed by atoms with Crippen molar-refractivity contribution in [2.75, 3.05) is 0 Å². The summed E-state index contributed by atoms with van der Waals surface area (Å²) >= 11 is 0. The smallest absolute Gasteiger partial charge is 0.182 e. The van der Waals surface area contributed by atoms with Crippen LogP contribution in [-0.2, 0) is 20.1 Å². The lowest BCUT2D eigenvalue weighted by atomic mass is 10.1. The summed E-state index contributed by atoms with van der Waals surface area (Å²) in [6.45, 7) is 2.66. The average Bonchev–Trinajstić information content (AvgIpc) is 3.36. The molecule has 7 nitrogen and oxygen atoms in total. The Morgan fingerprint density at radius 3 is 2.45 bits per heavy atom. The molecule has 5 rings (SSSR count). The molecular weight excluding hydrogens is 364 g/mol. The minimum Gasteiger partial charge on any atom is -0.489 e. The van der Waals surface area contributed by atoms with Crippen molar-refractivity contribution < 1.29 is 4.74 Å². The van der Waals surface area contributed by atoms with E-state index < -0.39 is 0 Å². The maximum Gasteiger partial charge on any atom is 0.182 e. The van der Waals surface area contributed by atoms with Gasteiger partial charge in [-0.3, -0.25) is 4.68 Å². The predicted octanol–water partition coefficient (Wildman–Crippen LogP) is 3.82. The molecule has 0 aliphatic heterocycles. The van der Waals surface area contributed by atoms with Gasteiger partial charge in [-0.1, -0.05) is 43.3 Å². The average molecular weight is 384 g/mol. The molecule has 0 radical (unpaired) electrons. The standard InChI is InChI=1S/C22H20N6O/c1-3-15-6-10-18(11-7-15)29-13-16-4-8-17(9-5-16)20-25-22-19-12-24-27(2)21(19)23-14-28(22)26-20/h4-12,14H,3,13H2,1-2H3. The highest BCUT2D eigenvalue weighted by Gasteiger charge is 2.12. The Bertz CT molecular complexity index is 1290. The van der Waals surface area contributed by atoms with Crippen molar-refractivity contribution in [3.05, 3.63) is 72.2 Å². The van der Waals surface area contributed by atoms with Gasteiger partial charge < -0.3 is 4.74 Å². The maximum atomic E-state index is 5.88. The number of hydrogen-bond donors (Lipinski definition) is 0. The summed E-state index contributed by atoms with van der Waals surface area (Å²) in [7, 11) is 1.86. The van der Waals surface area contributed by atoms with Crippen LogP contribution in [-0.4, -0.2) is 29.4 Å². The van der Waals surface area contributed by atoms with E-state index in [9.17, 15) is 0 Å². The van der Waals surface area contributed by atoms with E-state index in [0.29, 0.717) is 12.4 Å². The molecule has 0 saturated carbocycles. The number of aryl methyl sites for hydroxylation is 2. The van der Waals surface area contributed by atoms with Gasteiger partial charge in [-0.05, 0) is 29.7 Å². The molecular formula is C22H20N6O. The van der Waals surface area contributed by atoms with Crippen LogP contribution >= 0.6 is 0 Å². The van der Waals surface area contributed by atoms with Crippen molar-refractivity contribution >= 4 is 16.7 Å². The molecule has 0 atom stereocenters. The molecule has 3 heterocycles. The molecule has 5 aromatic rings. The first-order chi connectivity index (χ1) is 14.2. The van der Waals surface area contributed by atoms with Crippen molar-refractivity contribution in [1.29, 1.82) is 0 Å². The quantitative estimate of drug-likeness (QED) is 0.461. The molecule has 0 saturated heterocycles. The zero-order valence-electron chi connectivity index (χ0n) is 16.3. The second-order valence-corrected chi connectivity index (χ2v) is 6.94. The van der Waals surface area contributed by atoms with Crippen LogP contribution in [0.15, 0.2) is 61.1 Å². The van der Waals surface area contributed by atoms with Crippen molar-refractivity contribution in [2.24, 2.45) is 7.05 Å². The van der Waals surface area contributed by atoms with E-state index in [-0.39, 0.29) is 0 Å². The van der Waals surface area contributed by atoms with E-state index in [1.165, 1.54) is 5.56 Å². The molecule has 29 heavy (non-hydrogen) atoms. The van der Waals surface area contributed by atoms with Crippen LogP contribution in [0.5, 0.6) is 5.75 Å². The second-order valence-electron chi connectivity index (χ2n) is 6.94. The molecule has 2 aromatic carbocycles. The first-order valence-corrected chi connectivity index (χ1v) is 9.55. The molecule has 0 fully saturated rings. The maximum absolute atomic E-state index is 5.88. The number of ether oxygens (including phenoxy) is 1. The third kappa shape index (κ3) is 3.20. The number of benzene rings is 2. The van der Waals surface area contributed by atoms with Gasteiger partial charge in [-0.25, -0.2) is 14.5 Å². The van der Waals surface area contributed by atoms with Crippen LogP contribution in [0.1, 0.15) is 18.1 Å². The van der Waals surface area contributed by atoms with E-state index in [4.69, 9.17) is 9.72 Å². The number of aromatic nitrogens is 6. The van der Waals surface area contributed by atoms with E-state index in [1.807, 2.05) is 43.4 Å². The van der Waals surface area contributed by atoms with Gasteiger partial charge in [0, 0.05) is 12.6 Å². The first kappa shape index (κ1) is 17.4. The Morgan fingerprint density at radius 2 is 1.69 bits per heavy atom. The van der Waals surface area contributed by atoms with Gasteiger partial charge in [0.2, 0.25) is 0 Å². The summed E-state index contributed by atoms with van der Waals surface area (Å²) < 4.78 is 9.30. The number of nitrogens with zero attached hydrogens (tertiary/aromatic N) is 6. The Morgan fingerprint density at radius 1 is 0.931 bits per heavy atom. The molecule has 0 N–H and O–H groups in total. The van der Waals surface area contributed by atoms with E-state index in [2.05, 4.69) is 34.2 Å². The third-order valence-corrected chi connectivity index (χ3v) is 5.02. The molecule has 0 aliphatic carbocycles. The summed E-state index contributed by atoms with van der Waals surface area (Å²) in [4.78, 5) is 9.09. The summed E-state index contributed by atoms with van der Waals surface area (Å²) in [5.74, 6) is 1.53. The molecule has 0 bridgehead atoms. The van der Waals surface area contributed by atoms with Gasteiger partial charge in [-0.15, -0.1) is 5.10 Å². The SMILES string of the molecule is CCc1ccc(OCc2ccc(-c3nc4c5cnn(C)c5ncn4n3)cc2)cc1. The lowest BCUT2D eigenvalue weighted by molar-refractivity contribution is 0.306. The van der Waals surface area contributed by atoms with Crippen molar-refractivity contribution in [3.8, 4) is 17.1 Å². The van der Waals surface area contributed by atoms with Gasteiger partial charge in [0.1, 0.15) is 18.7 Å².